The molecule has 0 rings (SSSR count). The van der Waals surface area contributed by atoms with Crippen molar-refractivity contribution in [2.75, 3.05) is 0 Å². The first-order chi connectivity index (χ1) is 5.43. The monoisotopic (exact) mass is 171 g/mol. The van der Waals surface area contributed by atoms with Gasteiger partial charge in [-0.05, 0) is 13.0 Å². The highest BCUT2D eigenvalue weighted by Crippen LogP contribution is 2.00. The van der Waals surface area contributed by atoms with Crippen LogP contribution in [0.5, 0.6) is 0 Å². The Kier molecular flexibility index (Phi) is 3.69. The van der Waals surface area contributed by atoms with Gasteiger partial charge in [-0.2, -0.15) is 0 Å². The molecule has 0 saturated carbocycles. The van der Waals surface area contributed by atoms with Crippen molar-refractivity contribution in [1.29, 1.82) is 0 Å². The number of carbonyl (C=O) groups is 3. The van der Waals surface area contributed by atoms with Crippen LogP contribution in [0.25, 0.3) is 0 Å². The third-order valence-corrected chi connectivity index (χ3v) is 1.02. The second-order valence-electron chi connectivity index (χ2n) is 2.23. The molecule has 66 valence electrons. The van der Waals surface area contributed by atoms with Crippen molar-refractivity contribution in [2.45, 2.75) is 13.3 Å². The minimum absolute atomic E-state index is 0.282. The third-order valence-electron chi connectivity index (χ3n) is 1.02. The standard InChI is InChI=1S/C7H9NO4/c1-4(9)2-5(7(11)12)3-6(8)10/h2H,3H2,1H3,(H2,8,10)(H,11,12)/b5-2-. The predicted molar refractivity (Wildman–Crippen MR) is 40.2 cm³/mol. The number of ketones is 1. The lowest BCUT2D eigenvalue weighted by molar-refractivity contribution is -0.134. The van der Waals surface area contributed by atoms with Crippen molar-refractivity contribution >= 4 is 17.7 Å². The number of aliphatic carboxylic acids is 1. The van der Waals surface area contributed by atoms with E-state index in [1.54, 1.807) is 0 Å². The molecule has 0 aliphatic heterocycles. The molecule has 5 nitrogen and oxygen atoms in total. The smallest absolute Gasteiger partial charge is 0.332 e. The van der Waals surface area contributed by atoms with Gasteiger partial charge in [0.05, 0.1) is 6.42 Å². The van der Waals surface area contributed by atoms with E-state index in [9.17, 15) is 14.4 Å². The van der Waals surface area contributed by atoms with Gasteiger partial charge in [-0.1, -0.05) is 0 Å². The Morgan fingerprint density at radius 1 is 1.42 bits per heavy atom. The molecule has 0 aliphatic carbocycles. The summed E-state index contributed by atoms with van der Waals surface area (Å²) in [5, 5.41) is 8.44. The largest absolute Gasteiger partial charge is 0.478 e. The lowest BCUT2D eigenvalue weighted by Gasteiger charge is -1.96. The van der Waals surface area contributed by atoms with Crippen LogP contribution in [0.3, 0.4) is 0 Å². The summed E-state index contributed by atoms with van der Waals surface area (Å²) in [6.45, 7) is 1.20. The predicted octanol–water partition coefficient (Wildman–Crippen LogP) is -0.538. The van der Waals surface area contributed by atoms with Crippen molar-refractivity contribution in [3.8, 4) is 0 Å². The third kappa shape index (κ3) is 4.21. The SMILES string of the molecule is CC(=O)/C=C(/CC(N)=O)C(=O)O. The molecule has 0 fully saturated rings. The number of hydrogen-bond donors (Lipinski definition) is 2. The van der Waals surface area contributed by atoms with Crippen LogP contribution >= 0.6 is 0 Å². The van der Waals surface area contributed by atoms with Gasteiger partial charge in [0, 0.05) is 5.57 Å². The molecule has 0 saturated heterocycles. The zero-order valence-corrected chi connectivity index (χ0v) is 6.53. The van der Waals surface area contributed by atoms with E-state index in [1.807, 2.05) is 0 Å². The van der Waals surface area contributed by atoms with Crippen molar-refractivity contribution in [3.63, 3.8) is 0 Å². The van der Waals surface area contributed by atoms with Crippen molar-refractivity contribution in [2.24, 2.45) is 5.73 Å². The van der Waals surface area contributed by atoms with Crippen LogP contribution in [0.4, 0.5) is 0 Å². The summed E-state index contributed by atoms with van der Waals surface area (Å²) in [7, 11) is 0. The first kappa shape index (κ1) is 10.3. The van der Waals surface area contributed by atoms with Crippen molar-refractivity contribution in [1.82, 2.24) is 0 Å². The van der Waals surface area contributed by atoms with Crippen LogP contribution in [-0.4, -0.2) is 22.8 Å². The molecule has 0 bridgehead atoms. The first-order valence-corrected chi connectivity index (χ1v) is 3.16. The maximum atomic E-state index is 10.4. The quantitative estimate of drug-likeness (QED) is 0.555. The molecule has 0 aromatic heterocycles. The van der Waals surface area contributed by atoms with Crippen LogP contribution in [0, 0.1) is 0 Å². The maximum Gasteiger partial charge on any atom is 0.332 e. The molecule has 0 radical (unpaired) electrons. The Balaban J connectivity index is 4.55. The minimum atomic E-state index is -1.30. The van der Waals surface area contributed by atoms with Crippen molar-refractivity contribution in [3.05, 3.63) is 11.6 Å². The molecule has 0 unspecified atom stereocenters. The number of allylic oxidation sites excluding steroid dienone is 1. The number of carboxylic acids is 1. The summed E-state index contributed by atoms with van der Waals surface area (Å²) in [6.07, 6.45) is 0.460. The average molecular weight is 171 g/mol. The average Bonchev–Trinajstić information content (AvgIpc) is 1.83. The maximum absolute atomic E-state index is 10.4. The fourth-order valence-corrected chi connectivity index (χ4v) is 0.621. The Morgan fingerprint density at radius 2 is 1.92 bits per heavy atom. The Hall–Kier alpha value is -1.65. The van der Waals surface area contributed by atoms with Gasteiger partial charge >= 0.3 is 5.97 Å². The lowest BCUT2D eigenvalue weighted by Crippen LogP contribution is -2.15. The van der Waals surface area contributed by atoms with Gasteiger partial charge in [-0.25, -0.2) is 4.79 Å². The molecule has 0 aliphatic rings. The number of nitrogens with two attached hydrogens (primary N) is 1. The molecule has 0 heterocycles. The summed E-state index contributed by atoms with van der Waals surface area (Å²) in [5.41, 5.74) is 4.47. The molecule has 3 N–H and O–H groups in total. The number of rotatable bonds is 4. The first-order valence-electron chi connectivity index (χ1n) is 3.16. The van der Waals surface area contributed by atoms with E-state index in [1.165, 1.54) is 6.92 Å². The summed E-state index contributed by atoms with van der Waals surface area (Å²) in [6, 6.07) is 0. The van der Waals surface area contributed by atoms with Crippen LogP contribution < -0.4 is 5.73 Å². The van der Waals surface area contributed by atoms with Gasteiger partial charge in [-0.3, -0.25) is 9.59 Å². The molecule has 0 aromatic carbocycles. The van der Waals surface area contributed by atoms with E-state index < -0.39 is 24.1 Å². The molecular formula is C7H9NO4. The Bertz CT molecular complexity index is 254. The fourth-order valence-electron chi connectivity index (χ4n) is 0.621. The highest BCUT2D eigenvalue weighted by molar-refractivity contribution is 6.00. The van der Waals surface area contributed by atoms with E-state index in [4.69, 9.17) is 10.8 Å². The van der Waals surface area contributed by atoms with Gasteiger partial charge < -0.3 is 10.8 Å². The van der Waals surface area contributed by atoms with Gasteiger partial charge in [0.15, 0.2) is 5.78 Å². The Morgan fingerprint density at radius 3 is 2.17 bits per heavy atom. The zero-order valence-electron chi connectivity index (χ0n) is 6.53. The number of hydrogen-bond acceptors (Lipinski definition) is 3. The molecule has 0 aromatic rings. The highest BCUT2D eigenvalue weighted by Gasteiger charge is 2.10. The van der Waals surface area contributed by atoms with Gasteiger partial charge in [-0.15, -0.1) is 0 Å². The van der Waals surface area contributed by atoms with Gasteiger partial charge in [0.25, 0.3) is 0 Å². The molecule has 12 heavy (non-hydrogen) atoms. The Labute approximate surface area is 68.9 Å². The molecule has 5 heteroatoms. The number of primary amides is 1. The normalized spacial score (nSPS) is 10.9. The van der Waals surface area contributed by atoms with Crippen LogP contribution in [0.1, 0.15) is 13.3 Å². The van der Waals surface area contributed by atoms with Crippen LogP contribution in [-0.2, 0) is 14.4 Å². The topological polar surface area (TPSA) is 97.5 Å². The minimum Gasteiger partial charge on any atom is -0.478 e. The molecule has 0 atom stereocenters. The second kappa shape index (κ2) is 4.27. The summed E-state index contributed by atoms with van der Waals surface area (Å²) >= 11 is 0. The summed E-state index contributed by atoms with van der Waals surface area (Å²) in [4.78, 5) is 31.1. The molecular weight excluding hydrogens is 162 g/mol. The van der Waals surface area contributed by atoms with E-state index in [0.717, 1.165) is 6.08 Å². The lowest BCUT2D eigenvalue weighted by atomic mass is 10.1. The second-order valence-corrected chi connectivity index (χ2v) is 2.23. The van der Waals surface area contributed by atoms with E-state index in [-0.39, 0.29) is 5.57 Å². The molecule has 1 amide bonds. The van der Waals surface area contributed by atoms with Crippen LogP contribution in [0.2, 0.25) is 0 Å². The fraction of sp³-hybridized carbons (Fsp3) is 0.286. The van der Waals surface area contributed by atoms with Gasteiger partial charge in [0.1, 0.15) is 0 Å². The van der Waals surface area contributed by atoms with E-state index >= 15 is 0 Å². The summed E-state index contributed by atoms with van der Waals surface area (Å²) in [5.74, 6) is -2.50. The summed E-state index contributed by atoms with van der Waals surface area (Å²) < 4.78 is 0. The highest BCUT2D eigenvalue weighted by atomic mass is 16.4. The van der Waals surface area contributed by atoms with Crippen LogP contribution in [0.15, 0.2) is 11.6 Å². The van der Waals surface area contributed by atoms with E-state index in [0.29, 0.717) is 0 Å². The van der Waals surface area contributed by atoms with E-state index in [2.05, 4.69) is 0 Å². The van der Waals surface area contributed by atoms with Gasteiger partial charge in [0.2, 0.25) is 5.91 Å². The number of carboxylic acid groups (broad SMARTS) is 1. The zero-order chi connectivity index (χ0) is 9.72. The number of carbonyl (C=O) groups excluding carboxylic acids is 2. The molecule has 0 spiro atoms. The number of amides is 1. The van der Waals surface area contributed by atoms with Crippen molar-refractivity contribution < 1.29 is 19.5 Å².